The molecule has 0 bridgehead atoms. The minimum absolute atomic E-state index is 1.62. The molecule has 0 aliphatic rings. The zero-order valence-electron chi connectivity index (χ0n) is 6.72. The van der Waals surface area contributed by atoms with E-state index in [0.29, 0.717) is 0 Å². The van der Waals surface area contributed by atoms with Crippen molar-refractivity contribution in [1.82, 2.24) is 0 Å². The highest BCUT2D eigenvalue weighted by Gasteiger charge is 1.47. The lowest BCUT2D eigenvalue weighted by molar-refractivity contribution is 0.337. The molecule has 0 aromatic rings. The second-order valence-electron chi connectivity index (χ2n) is 1.37. The van der Waals surface area contributed by atoms with Gasteiger partial charge in [0.2, 0.25) is 0 Å². The van der Waals surface area contributed by atoms with Gasteiger partial charge in [-0.2, -0.15) is 0 Å². The maximum atomic E-state index is 4.51. The summed E-state index contributed by atoms with van der Waals surface area (Å²) in [4.78, 5) is 0. The molecule has 0 rings (SSSR count). The molecule has 0 aliphatic heterocycles. The van der Waals surface area contributed by atoms with Crippen molar-refractivity contribution >= 4 is 0 Å². The van der Waals surface area contributed by atoms with Crippen molar-refractivity contribution in [3.63, 3.8) is 0 Å². The van der Waals surface area contributed by atoms with Crippen molar-refractivity contribution in [2.45, 2.75) is 20.8 Å². The summed E-state index contributed by atoms with van der Waals surface area (Å²) in [7, 11) is 1.62. The summed E-state index contributed by atoms with van der Waals surface area (Å²) in [5.74, 6) is 0. The number of hydrogen-bond donors (Lipinski definition) is 0. The molecule has 1 nitrogen and oxygen atoms in total. The van der Waals surface area contributed by atoms with Gasteiger partial charge in [0.15, 0.2) is 0 Å². The highest BCUT2D eigenvalue weighted by atomic mass is 16.5. The molecule has 0 radical (unpaired) electrons. The fourth-order valence-electron chi connectivity index (χ4n) is 0.136. The summed E-state index contributed by atoms with van der Waals surface area (Å²) in [6, 6.07) is 0. The third-order valence-electron chi connectivity index (χ3n) is 0.605. The average molecular weight is 128 g/mol. The van der Waals surface area contributed by atoms with Gasteiger partial charge >= 0.3 is 0 Å². The van der Waals surface area contributed by atoms with Gasteiger partial charge in [-0.05, 0) is 20.8 Å². The lowest BCUT2D eigenvalue weighted by Gasteiger charge is -1.76. The van der Waals surface area contributed by atoms with E-state index < -0.39 is 0 Å². The van der Waals surface area contributed by atoms with Crippen molar-refractivity contribution in [2.75, 3.05) is 7.11 Å². The number of methoxy groups -OCH3 is 1. The lowest BCUT2D eigenvalue weighted by atomic mass is 10.6. The Hall–Kier alpha value is -0.720. The van der Waals surface area contributed by atoms with Gasteiger partial charge in [-0.25, -0.2) is 0 Å². The Balaban J connectivity index is 0. The molecular formula is C8H16O. The van der Waals surface area contributed by atoms with Crippen molar-refractivity contribution in [3.05, 3.63) is 24.5 Å². The van der Waals surface area contributed by atoms with Crippen LogP contribution in [-0.2, 0) is 4.74 Å². The van der Waals surface area contributed by atoms with Gasteiger partial charge in [-0.15, -0.1) is 0 Å². The molecule has 0 atom stereocenters. The summed E-state index contributed by atoms with van der Waals surface area (Å²) in [6.45, 7) is 5.91. The molecule has 0 fully saturated rings. The van der Waals surface area contributed by atoms with E-state index in [0.717, 1.165) is 0 Å². The summed E-state index contributed by atoms with van der Waals surface area (Å²) >= 11 is 0. The Morgan fingerprint density at radius 1 is 0.889 bits per heavy atom. The minimum Gasteiger partial charge on any atom is -0.505 e. The monoisotopic (exact) mass is 128 g/mol. The normalized spacial score (nSPS) is 9.33. The van der Waals surface area contributed by atoms with Gasteiger partial charge in [-0.1, -0.05) is 18.2 Å². The molecule has 54 valence electrons. The van der Waals surface area contributed by atoms with Crippen LogP contribution in [0.2, 0.25) is 0 Å². The maximum absolute atomic E-state index is 4.51. The first kappa shape index (κ1) is 11.1. The molecule has 0 saturated heterocycles. The van der Waals surface area contributed by atoms with Crippen LogP contribution in [0.5, 0.6) is 0 Å². The van der Waals surface area contributed by atoms with E-state index in [9.17, 15) is 0 Å². The molecule has 0 saturated carbocycles. The quantitative estimate of drug-likeness (QED) is 0.389. The molecule has 0 aliphatic carbocycles. The van der Waals surface area contributed by atoms with Crippen molar-refractivity contribution in [1.29, 1.82) is 0 Å². The predicted molar refractivity (Wildman–Crippen MR) is 42.3 cm³/mol. The van der Waals surface area contributed by atoms with Gasteiger partial charge in [-0.3, -0.25) is 0 Å². The Morgan fingerprint density at radius 3 is 1.33 bits per heavy atom. The van der Waals surface area contributed by atoms with E-state index in [1.165, 1.54) is 0 Å². The summed E-state index contributed by atoms with van der Waals surface area (Å²) in [5.41, 5.74) is 0. The summed E-state index contributed by atoms with van der Waals surface area (Å²) < 4.78 is 4.51. The van der Waals surface area contributed by atoms with Crippen LogP contribution in [0.25, 0.3) is 0 Å². The maximum Gasteiger partial charge on any atom is 0.0781 e. The Kier molecular flexibility index (Phi) is 19.4. The minimum atomic E-state index is 1.62. The third-order valence-corrected chi connectivity index (χ3v) is 0.605. The van der Waals surface area contributed by atoms with E-state index in [1.807, 2.05) is 39.0 Å². The fraction of sp³-hybridized carbons (Fsp3) is 0.500. The number of ether oxygens (including phenoxy) is 1. The van der Waals surface area contributed by atoms with Crippen molar-refractivity contribution in [2.24, 2.45) is 0 Å². The largest absolute Gasteiger partial charge is 0.505 e. The van der Waals surface area contributed by atoms with E-state index >= 15 is 0 Å². The smallest absolute Gasteiger partial charge is 0.0781 e. The van der Waals surface area contributed by atoms with Crippen LogP contribution >= 0.6 is 0 Å². The zero-order valence-corrected chi connectivity index (χ0v) is 6.72. The number of rotatable bonds is 1. The molecule has 0 amide bonds. The Labute approximate surface area is 58.0 Å². The summed E-state index contributed by atoms with van der Waals surface area (Å²) in [5, 5.41) is 0. The van der Waals surface area contributed by atoms with Gasteiger partial charge in [0, 0.05) is 0 Å². The van der Waals surface area contributed by atoms with Crippen LogP contribution in [0.4, 0.5) is 0 Å². The number of allylic oxidation sites excluding steroid dienone is 3. The van der Waals surface area contributed by atoms with Crippen LogP contribution < -0.4 is 0 Å². The zero-order chi connectivity index (χ0) is 7.54. The Bertz CT molecular complexity index is 68.6. The van der Waals surface area contributed by atoms with Crippen molar-refractivity contribution in [3.8, 4) is 0 Å². The van der Waals surface area contributed by atoms with E-state index in [1.54, 1.807) is 13.4 Å². The summed E-state index contributed by atoms with van der Waals surface area (Å²) in [6.07, 6.45) is 7.46. The van der Waals surface area contributed by atoms with Crippen LogP contribution in [0, 0.1) is 0 Å². The first-order valence-corrected chi connectivity index (χ1v) is 3.04. The van der Waals surface area contributed by atoms with Crippen LogP contribution in [0.15, 0.2) is 24.5 Å². The first-order chi connectivity index (χ1) is 4.33. The molecule has 0 aromatic heterocycles. The molecular weight excluding hydrogens is 112 g/mol. The molecule has 0 N–H and O–H groups in total. The first-order valence-electron chi connectivity index (χ1n) is 3.04. The second-order valence-corrected chi connectivity index (χ2v) is 1.37. The standard InChI is InChI=1S/C4H8O.C4H8/c1-3-4-5-2;1-3-4-2/h3-4H,1-2H3;3-4H,1-2H3. The molecule has 0 spiro atoms. The van der Waals surface area contributed by atoms with Crippen molar-refractivity contribution < 1.29 is 4.74 Å². The molecule has 0 unspecified atom stereocenters. The predicted octanol–water partition coefficient (Wildman–Crippen LogP) is 2.75. The second kappa shape index (κ2) is 15.7. The third kappa shape index (κ3) is 39.0. The van der Waals surface area contributed by atoms with E-state index in [4.69, 9.17) is 0 Å². The fourth-order valence-corrected chi connectivity index (χ4v) is 0.136. The molecule has 9 heavy (non-hydrogen) atoms. The molecule has 1 heteroatoms. The lowest BCUT2D eigenvalue weighted by Crippen LogP contribution is -1.57. The average Bonchev–Trinajstić information content (AvgIpc) is 1.91. The van der Waals surface area contributed by atoms with Gasteiger partial charge < -0.3 is 4.74 Å². The highest BCUT2D eigenvalue weighted by Crippen LogP contribution is 1.64. The Morgan fingerprint density at radius 2 is 1.33 bits per heavy atom. The van der Waals surface area contributed by atoms with E-state index in [2.05, 4.69) is 4.74 Å². The SMILES string of the molecule is CC=CC.CC=COC. The molecule has 0 heterocycles. The highest BCUT2D eigenvalue weighted by molar-refractivity contribution is 4.68. The topological polar surface area (TPSA) is 9.23 Å². The van der Waals surface area contributed by atoms with Crippen LogP contribution in [-0.4, -0.2) is 7.11 Å². The van der Waals surface area contributed by atoms with Gasteiger partial charge in [0.1, 0.15) is 0 Å². The van der Waals surface area contributed by atoms with Gasteiger partial charge in [0.25, 0.3) is 0 Å². The number of hydrogen-bond acceptors (Lipinski definition) is 1. The van der Waals surface area contributed by atoms with Crippen LogP contribution in [0.3, 0.4) is 0 Å². The van der Waals surface area contributed by atoms with Gasteiger partial charge in [0.05, 0.1) is 13.4 Å². The van der Waals surface area contributed by atoms with E-state index in [-0.39, 0.29) is 0 Å². The van der Waals surface area contributed by atoms with Crippen LogP contribution in [0.1, 0.15) is 20.8 Å². The molecule has 0 aromatic carbocycles.